The quantitative estimate of drug-likeness (QED) is 0.597. The molecule has 0 fully saturated rings. The van der Waals surface area contributed by atoms with E-state index in [0.717, 1.165) is 41.3 Å². The molecule has 0 amide bonds. The van der Waals surface area contributed by atoms with E-state index in [0.29, 0.717) is 16.0 Å². The summed E-state index contributed by atoms with van der Waals surface area (Å²) in [5.74, 6) is 0.927. The zero-order valence-corrected chi connectivity index (χ0v) is 17.0. The number of fused-ring (bicyclic) bond motifs is 3. The first kappa shape index (κ1) is 18.0. The Morgan fingerprint density at radius 2 is 2.22 bits per heavy atom. The number of aromatic nitrogens is 2. The molecule has 0 spiro atoms. The average Bonchev–Trinajstić information content (AvgIpc) is 3.05. The van der Waals surface area contributed by atoms with Crippen LogP contribution in [0.5, 0.6) is 5.75 Å². The molecule has 1 aliphatic carbocycles. The topological polar surface area (TPSA) is 78.8 Å². The molecule has 7 heteroatoms. The van der Waals surface area contributed by atoms with Gasteiger partial charge in [-0.2, -0.15) is 5.26 Å². The number of hydrogen-bond acceptors (Lipinski definition) is 5. The molecule has 0 atom stereocenters. The molecule has 2 aromatic heterocycles. The van der Waals surface area contributed by atoms with E-state index in [2.05, 4.69) is 32.0 Å². The second-order valence-electron chi connectivity index (χ2n) is 6.36. The molecule has 0 radical (unpaired) electrons. The number of aromatic amines is 1. The van der Waals surface area contributed by atoms with Crippen LogP contribution < -0.4 is 10.3 Å². The van der Waals surface area contributed by atoms with Crippen molar-refractivity contribution in [3.63, 3.8) is 0 Å². The van der Waals surface area contributed by atoms with E-state index in [1.807, 2.05) is 18.2 Å². The first-order valence-electron chi connectivity index (χ1n) is 8.61. The number of methoxy groups -OCH3 is 1. The standard InChI is InChI=1S/C20H16BrN3O2S/c1-26-15-7-6-13(21)9-11(15)8-12(10-22)18-23-19(25)17-14-4-2-3-5-16(14)27-20(17)24-18/h6-9H,2-5H2,1H3,(H,23,24,25)/b12-8+. The van der Waals surface area contributed by atoms with Crippen LogP contribution in [0.4, 0.5) is 0 Å². The van der Waals surface area contributed by atoms with Crippen LogP contribution in [-0.4, -0.2) is 17.1 Å². The van der Waals surface area contributed by atoms with Crippen LogP contribution in [-0.2, 0) is 12.8 Å². The van der Waals surface area contributed by atoms with E-state index in [1.165, 1.54) is 4.88 Å². The highest BCUT2D eigenvalue weighted by molar-refractivity contribution is 9.10. The SMILES string of the molecule is COc1ccc(Br)cc1/C=C(\C#N)c1nc2sc3c(c2c(=O)[nH]1)CCCC3. The van der Waals surface area contributed by atoms with Crippen molar-refractivity contribution in [1.29, 1.82) is 5.26 Å². The molecule has 4 rings (SSSR count). The molecular weight excluding hydrogens is 426 g/mol. The molecule has 0 unspecified atom stereocenters. The summed E-state index contributed by atoms with van der Waals surface area (Å²) in [6.07, 6.45) is 5.86. The zero-order valence-electron chi connectivity index (χ0n) is 14.6. The van der Waals surface area contributed by atoms with Crippen LogP contribution in [0.3, 0.4) is 0 Å². The van der Waals surface area contributed by atoms with Crippen LogP contribution in [0.2, 0.25) is 0 Å². The molecule has 27 heavy (non-hydrogen) atoms. The van der Waals surface area contributed by atoms with Gasteiger partial charge in [0.15, 0.2) is 5.82 Å². The van der Waals surface area contributed by atoms with Gasteiger partial charge >= 0.3 is 0 Å². The maximum atomic E-state index is 12.7. The van der Waals surface area contributed by atoms with Crippen LogP contribution in [0.15, 0.2) is 27.5 Å². The predicted molar refractivity (Wildman–Crippen MR) is 111 cm³/mol. The van der Waals surface area contributed by atoms with E-state index >= 15 is 0 Å². The Balaban J connectivity index is 1.87. The Kier molecular flexibility index (Phi) is 4.85. The van der Waals surface area contributed by atoms with E-state index in [9.17, 15) is 10.1 Å². The summed E-state index contributed by atoms with van der Waals surface area (Å²) in [5, 5.41) is 10.4. The second kappa shape index (κ2) is 7.29. The number of H-pyrrole nitrogens is 1. The normalized spacial score (nSPS) is 14.0. The van der Waals surface area contributed by atoms with Crippen LogP contribution >= 0.6 is 27.3 Å². The number of nitrogens with zero attached hydrogens (tertiary/aromatic N) is 2. The van der Waals surface area contributed by atoms with Crippen molar-refractivity contribution in [2.24, 2.45) is 0 Å². The van der Waals surface area contributed by atoms with Gasteiger partial charge in [-0.1, -0.05) is 15.9 Å². The monoisotopic (exact) mass is 441 g/mol. The van der Waals surface area contributed by atoms with E-state index in [1.54, 1.807) is 24.5 Å². The van der Waals surface area contributed by atoms with Crippen LogP contribution in [0, 0.1) is 11.3 Å². The average molecular weight is 442 g/mol. The van der Waals surface area contributed by atoms with E-state index in [-0.39, 0.29) is 17.0 Å². The highest BCUT2D eigenvalue weighted by Crippen LogP contribution is 2.34. The molecule has 1 N–H and O–H groups in total. The molecule has 2 heterocycles. The Labute approximate surface area is 168 Å². The van der Waals surface area contributed by atoms with Crippen molar-refractivity contribution in [2.45, 2.75) is 25.7 Å². The van der Waals surface area contributed by atoms with Gasteiger partial charge in [-0.3, -0.25) is 4.79 Å². The summed E-state index contributed by atoms with van der Waals surface area (Å²) in [4.78, 5) is 22.1. The molecule has 0 aliphatic heterocycles. The van der Waals surface area contributed by atoms with Gasteiger partial charge in [-0.05, 0) is 55.5 Å². The molecule has 0 saturated heterocycles. The van der Waals surface area contributed by atoms with Crippen molar-refractivity contribution in [1.82, 2.24) is 9.97 Å². The zero-order chi connectivity index (χ0) is 19.0. The van der Waals surface area contributed by atoms with Gasteiger partial charge in [0, 0.05) is 14.9 Å². The number of ether oxygens (including phenoxy) is 1. The minimum absolute atomic E-state index is 0.170. The molecule has 0 bridgehead atoms. The number of nitrogens with one attached hydrogen (secondary N) is 1. The predicted octanol–water partition coefficient (Wildman–Crippen LogP) is 4.70. The van der Waals surface area contributed by atoms with Crippen molar-refractivity contribution in [3.05, 3.63) is 54.9 Å². The molecule has 3 aromatic rings. The summed E-state index contributed by atoms with van der Waals surface area (Å²) in [5.41, 5.74) is 1.99. The summed E-state index contributed by atoms with van der Waals surface area (Å²) < 4.78 is 6.24. The number of allylic oxidation sites excluding steroid dienone is 1. The van der Waals surface area contributed by atoms with Gasteiger partial charge < -0.3 is 9.72 Å². The number of hydrogen-bond donors (Lipinski definition) is 1. The van der Waals surface area contributed by atoms with Gasteiger partial charge in [0.2, 0.25) is 0 Å². The largest absolute Gasteiger partial charge is 0.496 e. The van der Waals surface area contributed by atoms with Crippen LogP contribution in [0.25, 0.3) is 21.9 Å². The van der Waals surface area contributed by atoms with Gasteiger partial charge in [-0.25, -0.2) is 4.98 Å². The minimum atomic E-state index is -0.170. The molecular formula is C20H16BrN3O2S. The number of aryl methyl sites for hydroxylation is 2. The maximum absolute atomic E-state index is 12.7. The van der Waals surface area contributed by atoms with Crippen molar-refractivity contribution in [3.8, 4) is 11.8 Å². The van der Waals surface area contributed by atoms with E-state index < -0.39 is 0 Å². The highest BCUT2D eigenvalue weighted by atomic mass is 79.9. The lowest BCUT2D eigenvalue weighted by Crippen LogP contribution is -2.12. The first-order valence-corrected chi connectivity index (χ1v) is 10.2. The number of thiophene rings is 1. The first-order chi connectivity index (χ1) is 13.1. The van der Waals surface area contributed by atoms with Gasteiger partial charge in [0.05, 0.1) is 18.1 Å². The summed E-state index contributed by atoms with van der Waals surface area (Å²) >= 11 is 5.00. The van der Waals surface area contributed by atoms with Gasteiger partial charge in [0.25, 0.3) is 5.56 Å². The van der Waals surface area contributed by atoms with Crippen molar-refractivity contribution >= 4 is 49.1 Å². The minimum Gasteiger partial charge on any atom is -0.496 e. The lowest BCUT2D eigenvalue weighted by Gasteiger charge is -2.09. The molecule has 136 valence electrons. The molecule has 5 nitrogen and oxygen atoms in total. The molecule has 1 aliphatic rings. The highest BCUT2D eigenvalue weighted by Gasteiger charge is 2.20. The fourth-order valence-corrected chi connectivity index (χ4v) is 5.06. The summed E-state index contributed by atoms with van der Waals surface area (Å²) in [6, 6.07) is 7.69. The van der Waals surface area contributed by atoms with Gasteiger partial charge in [-0.15, -0.1) is 11.3 Å². The number of nitriles is 1. The second-order valence-corrected chi connectivity index (χ2v) is 8.36. The fourth-order valence-electron chi connectivity index (χ4n) is 3.42. The number of rotatable bonds is 3. The fraction of sp³-hybridized carbons (Fsp3) is 0.250. The third kappa shape index (κ3) is 3.31. The Morgan fingerprint density at radius 3 is 3.00 bits per heavy atom. The van der Waals surface area contributed by atoms with Gasteiger partial charge in [0.1, 0.15) is 16.6 Å². The third-order valence-electron chi connectivity index (χ3n) is 4.69. The Hall–Kier alpha value is -2.43. The number of benzene rings is 1. The van der Waals surface area contributed by atoms with Crippen molar-refractivity contribution < 1.29 is 4.74 Å². The third-order valence-corrected chi connectivity index (χ3v) is 6.37. The maximum Gasteiger partial charge on any atom is 0.260 e. The Morgan fingerprint density at radius 1 is 1.41 bits per heavy atom. The summed E-state index contributed by atoms with van der Waals surface area (Å²) in [6.45, 7) is 0. The molecule has 1 aromatic carbocycles. The lowest BCUT2D eigenvalue weighted by atomic mass is 9.97. The Bertz CT molecular complexity index is 1170. The smallest absolute Gasteiger partial charge is 0.260 e. The summed E-state index contributed by atoms with van der Waals surface area (Å²) in [7, 11) is 1.58. The van der Waals surface area contributed by atoms with Crippen molar-refractivity contribution in [2.75, 3.05) is 7.11 Å². The number of halogens is 1. The van der Waals surface area contributed by atoms with Crippen LogP contribution in [0.1, 0.15) is 34.7 Å². The molecule has 0 saturated carbocycles. The lowest BCUT2D eigenvalue weighted by molar-refractivity contribution is 0.414. The van der Waals surface area contributed by atoms with E-state index in [4.69, 9.17) is 4.74 Å².